The van der Waals surface area contributed by atoms with Crippen molar-refractivity contribution in [2.45, 2.75) is 38.3 Å². The maximum absolute atomic E-state index is 12.5. The molecule has 2 aromatic carbocycles. The zero-order valence-corrected chi connectivity index (χ0v) is 16.2. The Labute approximate surface area is 154 Å². The first-order valence-corrected chi connectivity index (χ1v) is 9.76. The third-order valence-electron chi connectivity index (χ3n) is 3.81. The van der Waals surface area contributed by atoms with Gasteiger partial charge in [-0.05, 0) is 50.1 Å². The van der Waals surface area contributed by atoms with E-state index in [4.69, 9.17) is 4.74 Å². The number of carbonyl (C=O) groups is 1. The second kappa shape index (κ2) is 8.33. The van der Waals surface area contributed by atoms with Gasteiger partial charge in [0.2, 0.25) is 10.0 Å². The normalized spacial score (nSPS) is 11.4. The highest BCUT2D eigenvalue weighted by Gasteiger charge is 2.22. The van der Waals surface area contributed by atoms with Gasteiger partial charge >= 0.3 is 0 Å². The van der Waals surface area contributed by atoms with E-state index in [0.29, 0.717) is 6.54 Å². The molecule has 26 heavy (non-hydrogen) atoms. The largest absolute Gasteiger partial charge is 0.495 e. The molecule has 0 aliphatic rings. The van der Waals surface area contributed by atoms with E-state index >= 15 is 0 Å². The molecule has 0 aliphatic heterocycles. The Hall–Kier alpha value is -2.38. The standard InChI is InChI=1S/C19H24N2O4S/c1-13(2)21-26(23,24)18-11-15(9-10-17(18)25-4)19(22)20-12-16-8-6-5-7-14(16)3/h5-11,13,21H,12H2,1-4H3,(H,20,22). The second-order valence-electron chi connectivity index (χ2n) is 6.25. The van der Waals surface area contributed by atoms with Crippen molar-refractivity contribution in [1.82, 2.24) is 10.0 Å². The van der Waals surface area contributed by atoms with Gasteiger partial charge in [0.05, 0.1) is 7.11 Å². The zero-order valence-electron chi connectivity index (χ0n) is 15.4. The SMILES string of the molecule is COc1ccc(C(=O)NCc2ccccc2C)cc1S(=O)(=O)NC(C)C. The van der Waals surface area contributed by atoms with E-state index in [1.54, 1.807) is 19.9 Å². The number of ether oxygens (including phenoxy) is 1. The van der Waals surface area contributed by atoms with E-state index in [1.807, 2.05) is 31.2 Å². The Morgan fingerprint density at radius 1 is 1.15 bits per heavy atom. The van der Waals surface area contributed by atoms with Gasteiger partial charge in [-0.3, -0.25) is 4.79 Å². The molecule has 0 radical (unpaired) electrons. The fourth-order valence-electron chi connectivity index (χ4n) is 2.49. The van der Waals surface area contributed by atoms with Crippen LogP contribution in [0.1, 0.15) is 35.3 Å². The first kappa shape index (κ1) is 19.9. The van der Waals surface area contributed by atoms with E-state index in [0.717, 1.165) is 11.1 Å². The van der Waals surface area contributed by atoms with E-state index in [-0.39, 0.29) is 28.2 Å². The van der Waals surface area contributed by atoms with Gasteiger partial charge in [0, 0.05) is 18.2 Å². The van der Waals surface area contributed by atoms with Crippen LogP contribution in [-0.4, -0.2) is 27.5 Å². The van der Waals surface area contributed by atoms with Gasteiger partial charge in [-0.1, -0.05) is 24.3 Å². The lowest BCUT2D eigenvalue weighted by Gasteiger charge is -2.14. The summed E-state index contributed by atoms with van der Waals surface area (Å²) in [6.45, 7) is 5.78. The second-order valence-corrected chi connectivity index (χ2v) is 7.93. The zero-order chi connectivity index (χ0) is 19.3. The molecule has 2 aromatic rings. The average molecular weight is 376 g/mol. The number of benzene rings is 2. The van der Waals surface area contributed by atoms with Gasteiger partial charge in [0.25, 0.3) is 5.91 Å². The summed E-state index contributed by atoms with van der Waals surface area (Å²) in [6, 6.07) is 11.8. The van der Waals surface area contributed by atoms with Gasteiger partial charge in [0.15, 0.2) is 0 Å². The average Bonchev–Trinajstić information content (AvgIpc) is 2.59. The maximum atomic E-state index is 12.5. The minimum atomic E-state index is -3.79. The highest BCUT2D eigenvalue weighted by molar-refractivity contribution is 7.89. The molecule has 7 heteroatoms. The van der Waals surface area contributed by atoms with E-state index < -0.39 is 10.0 Å². The highest BCUT2D eigenvalue weighted by Crippen LogP contribution is 2.25. The Morgan fingerprint density at radius 3 is 2.46 bits per heavy atom. The smallest absolute Gasteiger partial charge is 0.251 e. The molecule has 2 rings (SSSR count). The van der Waals surface area contributed by atoms with Crippen molar-refractivity contribution < 1.29 is 17.9 Å². The third kappa shape index (κ3) is 4.83. The van der Waals surface area contributed by atoms with Crippen molar-refractivity contribution in [3.05, 3.63) is 59.2 Å². The summed E-state index contributed by atoms with van der Waals surface area (Å²) in [5.41, 5.74) is 2.33. The number of amides is 1. The first-order valence-electron chi connectivity index (χ1n) is 8.27. The molecule has 0 saturated heterocycles. The lowest BCUT2D eigenvalue weighted by molar-refractivity contribution is 0.0950. The molecule has 0 heterocycles. The molecule has 0 saturated carbocycles. The number of nitrogens with one attached hydrogen (secondary N) is 2. The van der Waals surface area contributed by atoms with Gasteiger partial charge in [-0.2, -0.15) is 0 Å². The molecule has 1 amide bonds. The molecule has 6 nitrogen and oxygen atoms in total. The number of carbonyl (C=O) groups excluding carboxylic acids is 1. The molecule has 0 aliphatic carbocycles. The van der Waals surface area contributed by atoms with Crippen LogP contribution in [0.25, 0.3) is 0 Å². The Kier molecular flexibility index (Phi) is 6.39. The van der Waals surface area contributed by atoms with Crippen LogP contribution in [0.2, 0.25) is 0 Å². The monoisotopic (exact) mass is 376 g/mol. The summed E-state index contributed by atoms with van der Waals surface area (Å²) in [5.74, 6) is -0.162. The topological polar surface area (TPSA) is 84.5 Å². The van der Waals surface area contributed by atoms with Crippen LogP contribution >= 0.6 is 0 Å². The van der Waals surface area contributed by atoms with Crippen LogP contribution < -0.4 is 14.8 Å². The predicted molar refractivity (Wildman–Crippen MR) is 101 cm³/mol. The van der Waals surface area contributed by atoms with Crippen LogP contribution in [0.15, 0.2) is 47.4 Å². The van der Waals surface area contributed by atoms with Crippen molar-refractivity contribution >= 4 is 15.9 Å². The van der Waals surface area contributed by atoms with Crippen molar-refractivity contribution in [3.8, 4) is 5.75 Å². The molecular weight excluding hydrogens is 352 g/mol. The summed E-state index contributed by atoms with van der Waals surface area (Å²) >= 11 is 0. The molecule has 0 unspecified atom stereocenters. The first-order chi connectivity index (χ1) is 12.2. The summed E-state index contributed by atoms with van der Waals surface area (Å²) in [4.78, 5) is 12.4. The number of hydrogen-bond acceptors (Lipinski definition) is 4. The summed E-state index contributed by atoms with van der Waals surface area (Å²) in [5, 5.41) is 2.82. The van der Waals surface area contributed by atoms with Crippen molar-refractivity contribution in [1.29, 1.82) is 0 Å². The van der Waals surface area contributed by atoms with Crippen LogP contribution in [0.4, 0.5) is 0 Å². The van der Waals surface area contributed by atoms with Gasteiger partial charge in [-0.15, -0.1) is 0 Å². The highest BCUT2D eigenvalue weighted by atomic mass is 32.2. The Bertz CT molecular complexity index is 892. The lowest BCUT2D eigenvalue weighted by Crippen LogP contribution is -2.31. The fourth-order valence-corrected chi connectivity index (χ4v) is 3.93. The molecule has 140 valence electrons. The quantitative estimate of drug-likeness (QED) is 0.778. The Balaban J connectivity index is 2.26. The van der Waals surface area contributed by atoms with Crippen molar-refractivity contribution in [2.75, 3.05) is 7.11 Å². The molecule has 0 aromatic heterocycles. The number of rotatable bonds is 7. The van der Waals surface area contributed by atoms with E-state index in [9.17, 15) is 13.2 Å². The van der Waals surface area contributed by atoms with Gasteiger partial charge in [0.1, 0.15) is 10.6 Å². The van der Waals surface area contributed by atoms with E-state index in [2.05, 4.69) is 10.0 Å². The van der Waals surface area contributed by atoms with Crippen molar-refractivity contribution in [2.24, 2.45) is 0 Å². The predicted octanol–water partition coefficient (Wildman–Crippen LogP) is 2.62. The molecule has 0 spiro atoms. The summed E-state index contributed by atoms with van der Waals surface area (Å²) in [6.07, 6.45) is 0. The van der Waals surface area contributed by atoms with E-state index in [1.165, 1.54) is 19.2 Å². The molecule has 0 bridgehead atoms. The number of methoxy groups -OCH3 is 1. The molecule has 0 atom stereocenters. The third-order valence-corrected chi connectivity index (χ3v) is 5.49. The minimum absolute atomic E-state index is 0.0581. The van der Waals surface area contributed by atoms with Crippen molar-refractivity contribution in [3.63, 3.8) is 0 Å². The van der Waals surface area contributed by atoms with Gasteiger partial charge in [-0.25, -0.2) is 13.1 Å². The van der Waals surface area contributed by atoms with Crippen LogP contribution in [0.5, 0.6) is 5.75 Å². The molecule has 2 N–H and O–H groups in total. The van der Waals surface area contributed by atoms with Crippen LogP contribution in [0, 0.1) is 6.92 Å². The summed E-state index contributed by atoms with van der Waals surface area (Å²) in [7, 11) is -2.40. The Morgan fingerprint density at radius 2 is 1.85 bits per heavy atom. The number of aryl methyl sites for hydroxylation is 1. The fraction of sp³-hybridized carbons (Fsp3) is 0.316. The van der Waals surface area contributed by atoms with Gasteiger partial charge < -0.3 is 10.1 Å². The number of hydrogen-bond donors (Lipinski definition) is 2. The summed E-state index contributed by atoms with van der Waals surface area (Å²) < 4.78 is 32.6. The van der Waals surface area contributed by atoms with Crippen LogP contribution in [0.3, 0.4) is 0 Å². The molecule has 0 fully saturated rings. The number of sulfonamides is 1. The minimum Gasteiger partial charge on any atom is -0.495 e. The lowest BCUT2D eigenvalue weighted by atomic mass is 10.1. The van der Waals surface area contributed by atoms with Crippen LogP contribution in [-0.2, 0) is 16.6 Å². The maximum Gasteiger partial charge on any atom is 0.251 e. The molecular formula is C19H24N2O4S.